The lowest BCUT2D eigenvalue weighted by atomic mass is 10.0. The number of rotatable bonds is 8. The van der Waals surface area contributed by atoms with E-state index < -0.39 is 0 Å². The molecule has 0 N–H and O–H groups in total. The molecule has 0 unspecified atom stereocenters. The van der Waals surface area contributed by atoms with E-state index in [0.717, 1.165) is 16.5 Å². The van der Waals surface area contributed by atoms with Gasteiger partial charge in [-0.25, -0.2) is 4.98 Å². The molecule has 2 heterocycles. The summed E-state index contributed by atoms with van der Waals surface area (Å²) in [7, 11) is 0. The lowest BCUT2D eigenvalue weighted by Gasteiger charge is -2.10. The molecule has 2 aromatic carbocycles. The Balaban J connectivity index is 1.44. The van der Waals surface area contributed by atoms with Crippen molar-refractivity contribution in [2.45, 2.75) is 57.0 Å². The normalized spacial score (nSPS) is 11.5. The Kier molecular flexibility index (Phi) is 6.56. The summed E-state index contributed by atoms with van der Waals surface area (Å²) in [5.41, 5.74) is 5.71. The molecule has 160 valence electrons. The lowest BCUT2D eigenvalue weighted by Crippen LogP contribution is -2.04. The van der Waals surface area contributed by atoms with Crippen LogP contribution in [0.1, 0.15) is 61.8 Å². The van der Waals surface area contributed by atoms with Gasteiger partial charge in [0.2, 0.25) is 5.65 Å². The van der Waals surface area contributed by atoms with E-state index in [2.05, 4.69) is 91.4 Å². The van der Waals surface area contributed by atoms with Crippen molar-refractivity contribution in [3.8, 4) is 5.88 Å². The van der Waals surface area contributed by atoms with Gasteiger partial charge in [0.05, 0.1) is 0 Å². The van der Waals surface area contributed by atoms with Gasteiger partial charge in [-0.15, -0.1) is 10.2 Å². The molecule has 0 aliphatic rings. The fourth-order valence-corrected chi connectivity index (χ4v) is 4.16. The van der Waals surface area contributed by atoms with Gasteiger partial charge in [0.25, 0.3) is 5.88 Å². The van der Waals surface area contributed by atoms with Crippen LogP contribution in [0.5, 0.6) is 5.88 Å². The summed E-state index contributed by atoms with van der Waals surface area (Å²) in [5.74, 6) is 2.33. The second kappa shape index (κ2) is 9.52. The van der Waals surface area contributed by atoms with E-state index in [1.165, 1.54) is 16.7 Å². The molecule has 4 aromatic rings. The number of benzene rings is 2. The van der Waals surface area contributed by atoms with Crippen molar-refractivity contribution in [1.29, 1.82) is 0 Å². The van der Waals surface area contributed by atoms with Crippen molar-refractivity contribution in [3.05, 3.63) is 83.2 Å². The average molecular weight is 433 g/mol. The smallest absolute Gasteiger partial charge is 0.278 e. The van der Waals surface area contributed by atoms with Gasteiger partial charge < -0.3 is 4.74 Å². The summed E-state index contributed by atoms with van der Waals surface area (Å²) < 4.78 is 7.89. The van der Waals surface area contributed by atoms with Gasteiger partial charge in [0.1, 0.15) is 6.61 Å². The molecule has 0 aliphatic heterocycles. The third-order valence-electron chi connectivity index (χ3n) is 5.30. The summed E-state index contributed by atoms with van der Waals surface area (Å²) >= 11 is 1.64. The molecule has 0 amide bonds. The van der Waals surface area contributed by atoms with E-state index in [1.807, 2.05) is 10.6 Å². The molecule has 31 heavy (non-hydrogen) atoms. The Labute approximate surface area is 187 Å². The third kappa shape index (κ3) is 5.07. The van der Waals surface area contributed by atoms with Crippen LogP contribution >= 0.6 is 11.8 Å². The van der Waals surface area contributed by atoms with Gasteiger partial charge >= 0.3 is 0 Å². The van der Waals surface area contributed by atoms with E-state index in [4.69, 9.17) is 4.74 Å². The number of thioether (sulfide) groups is 1. The number of hydrogen-bond donors (Lipinski definition) is 0. The average Bonchev–Trinajstić information content (AvgIpc) is 3.27. The molecule has 6 heteroatoms. The zero-order chi connectivity index (χ0) is 21.8. The van der Waals surface area contributed by atoms with E-state index in [9.17, 15) is 0 Å². The van der Waals surface area contributed by atoms with Crippen molar-refractivity contribution >= 4 is 17.4 Å². The van der Waals surface area contributed by atoms with Gasteiger partial charge in [-0.2, -0.15) is 0 Å². The van der Waals surface area contributed by atoms with Gasteiger partial charge in [-0.3, -0.25) is 4.40 Å². The number of hydrogen-bond acceptors (Lipinski definition) is 5. The van der Waals surface area contributed by atoms with Crippen LogP contribution in [-0.4, -0.2) is 19.6 Å². The molecule has 0 fully saturated rings. The maximum absolute atomic E-state index is 5.95. The monoisotopic (exact) mass is 432 g/mol. The Bertz CT molecular complexity index is 1050. The molecule has 4 rings (SSSR count). The molecule has 2 aromatic heterocycles. The van der Waals surface area contributed by atoms with E-state index in [-0.39, 0.29) is 0 Å². The van der Waals surface area contributed by atoms with Crippen molar-refractivity contribution in [3.63, 3.8) is 0 Å². The standard InChI is InChI=1S/C25H28N4OS/c1-17(2)21-9-5-19(6-10-21)15-30-24-23-26-13-14-29(23)25(28-27-24)31-16-20-7-11-22(12-8-20)18(3)4/h5-14,17-18H,15-16H2,1-4H3. The molecule has 0 saturated carbocycles. The van der Waals surface area contributed by atoms with Crippen LogP contribution in [0.15, 0.2) is 66.1 Å². The second-order valence-electron chi connectivity index (χ2n) is 8.28. The summed E-state index contributed by atoms with van der Waals surface area (Å²) in [6.45, 7) is 9.23. The molecular formula is C25H28N4OS. The largest absolute Gasteiger partial charge is 0.469 e. The Morgan fingerprint density at radius 2 is 1.45 bits per heavy atom. The van der Waals surface area contributed by atoms with Crippen LogP contribution in [0.3, 0.4) is 0 Å². The Morgan fingerprint density at radius 1 is 0.839 bits per heavy atom. The van der Waals surface area contributed by atoms with Gasteiger partial charge in [0, 0.05) is 18.1 Å². The highest BCUT2D eigenvalue weighted by atomic mass is 32.2. The van der Waals surface area contributed by atoms with Crippen LogP contribution < -0.4 is 4.74 Å². The van der Waals surface area contributed by atoms with Crippen molar-refractivity contribution in [2.24, 2.45) is 0 Å². The first-order chi connectivity index (χ1) is 15.0. The SMILES string of the molecule is CC(C)c1ccc(COc2nnc(SCc3ccc(C(C)C)cc3)n3ccnc23)cc1. The topological polar surface area (TPSA) is 52.3 Å². The first-order valence-corrected chi connectivity index (χ1v) is 11.6. The molecule has 0 spiro atoms. The molecular weight excluding hydrogens is 404 g/mol. The van der Waals surface area contributed by atoms with E-state index >= 15 is 0 Å². The van der Waals surface area contributed by atoms with Gasteiger partial charge in [-0.1, -0.05) is 88.0 Å². The van der Waals surface area contributed by atoms with Crippen molar-refractivity contribution in [2.75, 3.05) is 0 Å². The highest BCUT2D eigenvalue weighted by Crippen LogP contribution is 2.26. The number of fused-ring (bicyclic) bond motifs is 1. The number of imidazole rings is 1. The molecule has 0 saturated heterocycles. The summed E-state index contributed by atoms with van der Waals surface area (Å²) in [5, 5.41) is 9.51. The van der Waals surface area contributed by atoms with E-state index in [0.29, 0.717) is 30.0 Å². The predicted octanol–water partition coefficient (Wildman–Crippen LogP) is 6.24. The first kappa shape index (κ1) is 21.4. The van der Waals surface area contributed by atoms with Crippen LogP contribution in [0.25, 0.3) is 5.65 Å². The number of ether oxygens (including phenoxy) is 1. The van der Waals surface area contributed by atoms with E-state index in [1.54, 1.807) is 18.0 Å². The highest BCUT2D eigenvalue weighted by Gasteiger charge is 2.12. The first-order valence-electron chi connectivity index (χ1n) is 10.6. The summed E-state index contributed by atoms with van der Waals surface area (Å²) in [6.07, 6.45) is 3.66. The van der Waals surface area contributed by atoms with Crippen LogP contribution in [0, 0.1) is 0 Å². The van der Waals surface area contributed by atoms with Crippen molar-refractivity contribution in [1.82, 2.24) is 19.6 Å². The summed E-state index contributed by atoms with van der Waals surface area (Å²) in [4.78, 5) is 4.44. The molecule has 0 radical (unpaired) electrons. The molecule has 5 nitrogen and oxygen atoms in total. The maximum atomic E-state index is 5.95. The molecule has 0 bridgehead atoms. The number of nitrogens with zero attached hydrogens (tertiary/aromatic N) is 4. The quantitative estimate of drug-likeness (QED) is 0.308. The maximum Gasteiger partial charge on any atom is 0.278 e. The number of aromatic nitrogens is 4. The van der Waals surface area contributed by atoms with Crippen LogP contribution in [0.4, 0.5) is 0 Å². The minimum Gasteiger partial charge on any atom is -0.469 e. The molecule has 0 atom stereocenters. The fraction of sp³-hybridized carbons (Fsp3) is 0.320. The minimum absolute atomic E-state index is 0.435. The summed E-state index contributed by atoms with van der Waals surface area (Å²) in [6, 6.07) is 17.3. The lowest BCUT2D eigenvalue weighted by molar-refractivity contribution is 0.290. The predicted molar refractivity (Wildman–Crippen MR) is 126 cm³/mol. The fourth-order valence-electron chi connectivity index (χ4n) is 3.29. The third-order valence-corrected chi connectivity index (χ3v) is 6.31. The highest BCUT2D eigenvalue weighted by molar-refractivity contribution is 7.98. The minimum atomic E-state index is 0.435. The van der Waals surface area contributed by atoms with Gasteiger partial charge in [0.15, 0.2) is 5.16 Å². The zero-order valence-electron chi connectivity index (χ0n) is 18.4. The Morgan fingerprint density at radius 3 is 2.06 bits per heavy atom. The zero-order valence-corrected chi connectivity index (χ0v) is 19.3. The van der Waals surface area contributed by atoms with Gasteiger partial charge in [-0.05, 0) is 34.1 Å². The van der Waals surface area contributed by atoms with Crippen LogP contribution in [-0.2, 0) is 12.4 Å². The second-order valence-corrected chi connectivity index (χ2v) is 9.22. The Hall–Kier alpha value is -2.86. The van der Waals surface area contributed by atoms with Crippen molar-refractivity contribution < 1.29 is 4.74 Å². The van der Waals surface area contributed by atoms with Crippen LogP contribution in [0.2, 0.25) is 0 Å². The molecule has 0 aliphatic carbocycles.